The molecule has 0 nitrogen and oxygen atoms in total. The van der Waals surface area contributed by atoms with Crippen molar-refractivity contribution in [2.45, 2.75) is 39.0 Å². The first-order chi connectivity index (χ1) is 6.43. The summed E-state index contributed by atoms with van der Waals surface area (Å²) in [7, 11) is 0. The third-order valence-electron chi connectivity index (χ3n) is 4.86. The molecular weight excluding hydrogens is 192 g/mol. The molecule has 2 rings (SSSR count). The molecule has 0 radical (unpaired) electrons. The van der Waals surface area contributed by atoms with E-state index in [1.165, 1.54) is 6.42 Å². The Balaban J connectivity index is 2.45. The average molecular weight is 211 g/mol. The number of rotatable bonds is 1. The molecule has 0 N–H and O–H groups in total. The van der Waals surface area contributed by atoms with Gasteiger partial charge in [0.15, 0.2) is 0 Å². The predicted octanol–water partition coefficient (Wildman–Crippen LogP) is 4.16. The summed E-state index contributed by atoms with van der Waals surface area (Å²) in [6.45, 7) is 10.9. The summed E-state index contributed by atoms with van der Waals surface area (Å²) in [5.41, 5.74) is 2.21. The smallest absolute Gasteiger partial charge is 0.0381 e. The van der Waals surface area contributed by atoms with Gasteiger partial charge in [0.2, 0.25) is 0 Å². The number of halogens is 1. The molecule has 2 aliphatic rings. The van der Waals surface area contributed by atoms with Gasteiger partial charge in [0, 0.05) is 5.38 Å². The Labute approximate surface area is 92.0 Å². The van der Waals surface area contributed by atoms with E-state index in [-0.39, 0.29) is 0 Å². The van der Waals surface area contributed by atoms with Crippen molar-refractivity contribution in [2.24, 2.45) is 16.7 Å². The normalized spacial score (nSPS) is 47.3. The van der Waals surface area contributed by atoms with Gasteiger partial charge in [-0.2, -0.15) is 0 Å². The van der Waals surface area contributed by atoms with Crippen LogP contribution in [0.25, 0.3) is 0 Å². The Bertz CT molecular complexity index is 300. The van der Waals surface area contributed by atoms with Crippen molar-refractivity contribution in [1.82, 2.24) is 0 Å². The van der Waals surface area contributed by atoms with Crippen molar-refractivity contribution in [1.29, 1.82) is 0 Å². The molecule has 0 unspecified atom stereocenters. The van der Waals surface area contributed by atoms with Crippen LogP contribution in [0.3, 0.4) is 0 Å². The molecule has 2 saturated carbocycles. The first-order valence-electron chi connectivity index (χ1n) is 5.39. The van der Waals surface area contributed by atoms with Crippen LogP contribution in [0.1, 0.15) is 33.6 Å². The summed E-state index contributed by atoms with van der Waals surface area (Å²) >= 11 is 6.40. The first-order valence-corrected chi connectivity index (χ1v) is 5.83. The Hall–Kier alpha value is -0.230. The Morgan fingerprint density at radius 2 is 2.07 bits per heavy atom. The molecule has 0 saturated heterocycles. The molecule has 0 spiro atoms. The number of hydrogen-bond donors (Lipinski definition) is 0. The van der Waals surface area contributed by atoms with Crippen LogP contribution in [0.15, 0.2) is 24.3 Å². The largest absolute Gasteiger partial charge is 0.123 e. The maximum absolute atomic E-state index is 6.40. The highest BCUT2D eigenvalue weighted by Gasteiger charge is 2.62. The lowest BCUT2D eigenvalue weighted by molar-refractivity contribution is 0.179. The fourth-order valence-corrected chi connectivity index (χ4v) is 4.15. The predicted molar refractivity (Wildman–Crippen MR) is 62.5 cm³/mol. The maximum atomic E-state index is 6.40. The molecule has 14 heavy (non-hydrogen) atoms. The van der Waals surface area contributed by atoms with Crippen LogP contribution in [0.4, 0.5) is 0 Å². The van der Waals surface area contributed by atoms with E-state index in [2.05, 4.69) is 33.4 Å². The van der Waals surface area contributed by atoms with E-state index in [1.54, 1.807) is 5.57 Å². The molecule has 0 amide bonds. The molecular formula is C13H19Cl. The van der Waals surface area contributed by atoms with Crippen LogP contribution in [0.2, 0.25) is 0 Å². The van der Waals surface area contributed by atoms with Crippen LogP contribution in [-0.2, 0) is 0 Å². The second-order valence-electron chi connectivity index (χ2n) is 5.51. The first kappa shape index (κ1) is 10.3. The Morgan fingerprint density at radius 3 is 2.43 bits per heavy atom. The molecule has 0 aromatic rings. The fourth-order valence-electron chi connectivity index (χ4n) is 3.44. The van der Waals surface area contributed by atoms with Gasteiger partial charge in [0.1, 0.15) is 0 Å². The van der Waals surface area contributed by atoms with Crippen LogP contribution < -0.4 is 0 Å². The standard InChI is InChI=1S/C13H19Cl/c1-5-6-9-7-10-11(14)8-13(9,4)12(10,2)3/h5-6,10-11H,1,7-8H2,2-4H3/b9-6+/t10-,11+,13-/m1/s1. The quantitative estimate of drug-likeness (QED) is 0.570. The molecule has 2 aliphatic carbocycles. The summed E-state index contributed by atoms with van der Waals surface area (Å²) in [5, 5.41) is 0.372. The van der Waals surface area contributed by atoms with Gasteiger partial charge in [-0.3, -0.25) is 0 Å². The number of alkyl halides is 1. The number of fused-ring (bicyclic) bond motifs is 2. The van der Waals surface area contributed by atoms with Gasteiger partial charge in [-0.1, -0.05) is 45.1 Å². The van der Waals surface area contributed by atoms with Crippen molar-refractivity contribution in [3.05, 3.63) is 24.3 Å². The van der Waals surface area contributed by atoms with Crippen molar-refractivity contribution < 1.29 is 0 Å². The van der Waals surface area contributed by atoms with Gasteiger partial charge in [0.25, 0.3) is 0 Å². The Morgan fingerprint density at radius 1 is 1.43 bits per heavy atom. The maximum Gasteiger partial charge on any atom is 0.0381 e. The molecule has 2 bridgehead atoms. The highest BCUT2D eigenvalue weighted by Crippen LogP contribution is 2.69. The molecule has 0 aromatic heterocycles. The minimum atomic E-state index is 0.304. The van der Waals surface area contributed by atoms with E-state index >= 15 is 0 Å². The van der Waals surface area contributed by atoms with E-state index in [0.717, 1.165) is 6.42 Å². The lowest BCUT2D eigenvalue weighted by atomic mass is 9.69. The highest BCUT2D eigenvalue weighted by molar-refractivity contribution is 6.21. The van der Waals surface area contributed by atoms with Crippen molar-refractivity contribution in [3.63, 3.8) is 0 Å². The number of allylic oxidation sites excluding steroid dienone is 3. The topological polar surface area (TPSA) is 0 Å². The number of hydrogen-bond acceptors (Lipinski definition) is 0. The monoisotopic (exact) mass is 210 g/mol. The second kappa shape index (κ2) is 2.88. The lowest BCUT2D eigenvalue weighted by Gasteiger charge is -2.35. The molecule has 0 aromatic carbocycles. The van der Waals surface area contributed by atoms with Gasteiger partial charge in [-0.15, -0.1) is 11.6 Å². The Kier molecular flexibility index (Phi) is 2.12. The summed E-state index contributed by atoms with van der Waals surface area (Å²) < 4.78 is 0. The lowest BCUT2D eigenvalue weighted by Crippen LogP contribution is -2.27. The average Bonchev–Trinajstić information content (AvgIpc) is 2.35. The van der Waals surface area contributed by atoms with Gasteiger partial charge < -0.3 is 0 Å². The van der Waals surface area contributed by atoms with Crippen molar-refractivity contribution in [3.8, 4) is 0 Å². The van der Waals surface area contributed by atoms with Gasteiger partial charge >= 0.3 is 0 Å². The SMILES string of the molecule is C=C/C=C1\C[C@@H]2[C@@H](Cl)C[C@@]1(C)C2(C)C. The summed E-state index contributed by atoms with van der Waals surface area (Å²) in [4.78, 5) is 0. The summed E-state index contributed by atoms with van der Waals surface area (Å²) in [6, 6.07) is 0. The zero-order chi connectivity index (χ0) is 10.6. The zero-order valence-corrected chi connectivity index (χ0v) is 10.1. The van der Waals surface area contributed by atoms with E-state index in [0.29, 0.717) is 22.1 Å². The van der Waals surface area contributed by atoms with Crippen LogP contribution in [0.5, 0.6) is 0 Å². The van der Waals surface area contributed by atoms with Gasteiger partial charge in [-0.25, -0.2) is 0 Å². The fraction of sp³-hybridized carbons (Fsp3) is 0.692. The second-order valence-corrected chi connectivity index (χ2v) is 6.07. The molecule has 0 aliphatic heterocycles. The third kappa shape index (κ3) is 1.01. The van der Waals surface area contributed by atoms with E-state index < -0.39 is 0 Å². The van der Waals surface area contributed by atoms with E-state index in [4.69, 9.17) is 11.6 Å². The van der Waals surface area contributed by atoms with Gasteiger partial charge in [-0.05, 0) is 29.6 Å². The zero-order valence-electron chi connectivity index (χ0n) is 9.31. The summed E-state index contributed by atoms with van der Waals surface area (Å²) in [5.74, 6) is 0.653. The molecule has 2 fully saturated rings. The molecule has 1 heteroatoms. The molecule has 0 heterocycles. The van der Waals surface area contributed by atoms with E-state index in [9.17, 15) is 0 Å². The summed E-state index contributed by atoms with van der Waals surface area (Å²) in [6.07, 6.45) is 6.42. The van der Waals surface area contributed by atoms with E-state index in [1.807, 2.05) is 6.08 Å². The minimum absolute atomic E-state index is 0.304. The van der Waals surface area contributed by atoms with Crippen LogP contribution >= 0.6 is 11.6 Å². The van der Waals surface area contributed by atoms with Crippen LogP contribution in [-0.4, -0.2) is 5.38 Å². The highest BCUT2D eigenvalue weighted by atomic mass is 35.5. The minimum Gasteiger partial charge on any atom is -0.123 e. The third-order valence-corrected chi connectivity index (χ3v) is 5.32. The van der Waals surface area contributed by atoms with Crippen molar-refractivity contribution in [2.75, 3.05) is 0 Å². The molecule has 3 atom stereocenters. The van der Waals surface area contributed by atoms with Gasteiger partial charge in [0.05, 0.1) is 0 Å². The van der Waals surface area contributed by atoms with Crippen LogP contribution in [0, 0.1) is 16.7 Å². The molecule has 78 valence electrons. The van der Waals surface area contributed by atoms with Crippen molar-refractivity contribution >= 4 is 11.6 Å².